The van der Waals surface area contributed by atoms with Crippen LogP contribution in [-0.4, -0.2) is 23.5 Å². The number of aliphatic hydroxyl groups is 1. The third-order valence-corrected chi connectivity index (χ3v) is 4.98. The Morgan fingerprint density at radius 1 is 1.28 bits per heavy atom. The number of ketones is 1. The molecule has 1 unspecified atom stereocenters. The topological polar surface area (TPSA) is 40.5 Å². The van der Waals surface area contributed by atoms with Crippen LogP contribution >= 0.6 is 11.6 Å². The van der Waals surface area contributed by atoms with Gasteiger partial charge >= 0.3 is 0 Å². The highest BCUT2D eigenvalue weighted by Gasteiger charge is 2.25. The molecule has 1 N–H and O–H groups in total. The van der Waals surface area contributed by atoms with Gasteiger partial charge in [0.25, 0.3) is 0 Å². The summed E-state index contributed by atoms with van der Waals surface area (Å²) in [6.45, 7) is 6.46. The lowest BCUT2D eigenvalue weighted by Crippen LogP contribution is -2.29. The standard InChI is InChI=1S/C21H22ClNO2/c1-14-12-17(22)7-10-20(14)21(25)16-5-8-18(9-6-16)23-11-3-4-19(23)13-15(2)24/h5-10,12,19,24H,2-4,11,13H2,1H3. The maximum atomic E-state index is 12.7. The van der Waals surface area contributed by atoms with E-state index in [1.54, 1.807) is 18.2 Å². The van der Waals surface area contributed by atoms with Gasteiger partial charge in [0.05, 0.1) is 5.76 Å². The van der Waals surface area contributed by atoms with Gasteiger partial charge in [-0.05, 0) is 67.8 Å². The maximum Gasteiger partial charge on any atom is 0.193 e. The van der Waals surface area contributed by atoms with Gasteiger partial charge in [0, 0.05) is 40.8 Å². The highest BCUT2D eigenvalue weighted by atomic mass is 35.5. The van der Waals surface area contributed by atoms with Crippen LogP contribution in [0.3, 0.4) is 0 Å². The second kappa shape index (κ2) is 7.32. The number of aliphatic hydroxyl groups excluding tert-OH is 1. The average molecular weight is 356 g/mol. The molecular weight excluding hydrogens is 334 g/mol. The van der Waals surface area contributed by atoms with Crippen molar-refractivity contribution < 1.29 is 9.90 Å². The van der Waals surface area contributed by atoms with Crippen LogP contribution in [0.5, 0.6) is 0 Å². The predicted octanol–water partition coefficient (Wildman–Crippen LogP) is 5.31. The van der Waals surface area contributed by atoms with Gasteiger partial charge in [0.15, 0.2) is 5.78 Å². The first kappa shape index (κ1) is 17.6. The van der Waals surface area contributed by atoms with Crippen molar-refractivity contribution in [3.05, 3.63) is 76.5 Å². The van der Waals surface area contributed by atoms with Crippen LogP contribution < -0.4 is 4.90 Å². The first-order valence-corrected chi connectivity index (χ1v) is 8.88. The van der Waals surface area contributed by atoms with E-state index in [2.05, 4.69) is 11.5 Å². The molecule has 0 spiro atoms. The van der Waals surface area contributed by atoms with Crippen LogP contribution in [-0.2, 0) is 0 Å². The van der Waals surface area contributed by atoms with Crippen molar-refractivity contribution in [2.75, 3.05) is 11.4 Å². The third kappa shape index (κ3) is 3.88. The van der Waals surface area contributed by atoms with Gasteiger partial charge in [-0.2, -0.15) is 0 Å². The van der Waals surface area contributed by atoms with E-state index in [0.29, 0.717) is 22.6 Å². The van der Waals surface area contributed by atoms with Gasteiger partial charge in [-0.25, -0.2) is 0 Å². The largest absolute Gasteiger partial charge is 0.513 e. The van der Waals surface area contributed by atoms with E-state index >= 15 is 0 Å². The first-order valence-electron chi connectivity index (χ1n) is 8.50. The van der Waals surface area contributed by atoms with Crippen LogP contribution in [0, 0.1) is 6.92 Å². The molecule has 2 aromatic carbocycles. The number of aryl methyl sites for hydroxylation is 1. The Bertz CT molecular complexity index is 798. The minimum Gasteiger partial charge on any atom is -0.513 e. The fraction of sp³-hybridized carbons (Fsp3) is 0.286. The zero-order chi connectivity index (χ0) is 18.0. The molecule has 1 heterocycles. The number of hydrogen-bond acceptors (Lipinski definition) is 3. The summed E-state index contributed by atoms with van der Waals surface area (Å²) in [6, 6.07) is 13.3. The molecule has 0 aromatic heterocycles. The number of nitrogens with zero attached hydrogens (tertiary/aromatic N) is 1. The number of benzene rings is 2. The summed E-state index contributed by atoms with van der Waals surface area (Å²) in [5.74, 6) is 0.226. The lowest BCUT2D eigenvalue weighted by Gasteiger charge is -2.26. The molecule has 3 rings (SSSR count). The van der Waals surface area contributed by atoms with E-state index in [4.69, 9.17) is 11.6 Å². The van der Waals surface area contributed by atoms with Crippen molar-refractivity contribution in [2.45, 2.75) is 32.2 Å². The van der Waals surface area contributed by atoms with Gasteiger partial charge in [-0.15, -0.1) is 0 Å². The Kier molecular flexibility index (Phi) is 5.14. The van der Waals surface area contributed by atoms with Crippen molar-refractivity contribution >= 4 is 23.1 Å². The van der Waals surface area contributed by atoms with Crippen molar-refractivity contribution in [2.24, 2.45) is 0 Å². The third-order valence-electron chi connectivity index (χ3n) is 4.74. The zero-order valence-corrected chi connectivity index (χ0v) is 15.1. The molecule has 0 amide bonds. The van der Waals surface area contributed by atoms with Crippen molar-refractivity contribution in [3.63, 3.8) is 0 Å². The lowest BCUT2D eigenvalue weighted by molar-refractivity contribution is 0.103. The summed E-state index contributed by atoms with van der Waals surface area (Å²) in [5.41, 5.74) is 3.29. The molecule has 2 aromatic rings. The monoisotopic (exact) mass is 355 g/mol. The van der Waals surface area contributed by atoms with E-state index in [1.165, 1.54) is 0 Å². The molecule has 1 saturated heterocycles. The normalized spacial score (nSPS) is 16.9. The second-order valence-electron chi connectivity index (χ2n) is 6.60. The number of halogens is 1. The molecule has 0 bridgehead atoms. The maximum absolute atomic E-state index is 12.7. The molecule has 0 radical (unpaired) electrons. The predicted molar refractivity (Wildman–Crippen MR) is 103 cm³/mol. The van der Waals surface area contributed by atoms with Crippen LogP contribution in [0.2, 0.25) is 5.02 Å². The number of rotatable bonds is 5. The van der Waals surface area contributed by atoms with Crippen molar-refractivity contribution in [3.8, 4) is 0 Å². The highest BCUT2D eigenvalue weighted by molar-refractivity contribution is 6.30. The van der Waals surface area contributed by atoms with Crippen LogP contribution in [0.25, 0.3) is 0 Å². The fourth-order valence-corrected chi connectivity index (χ4v) is 3.73. The SMILES string of the molecule is C=C(O)CC1CCCN1c1ccc(C(=O)c2ccc(Cl)cc2C)cc1. The van der Waals surface area contributed by atoms with Crippen LogP contribution in [0.4, 0.5) is 5.69 Å². The summed E-state index contributed by atoms with van der Waals surface area (Å²) >= 11 is 5.97. The molecule has 1 aliphatic rings. The average Bonchev–Trinajstić information content (AvgIpc) is 3.02. The molecule has 1 atom stereocenters. The van der Waals surface area contributed by atoms with E-state index in [-0.39, 0.29) is 17.6 Å². The van der Waals surface area contributed by atoms with Crippen LogP contribution in [0.15, 0.2) is 54.8 Å². The first-order chi connectivity index (χ1) is 12.0. The summed E-state index contributed by atoms with van der Waals surface area (Å²) < 4.78 is 0. The fourth-order valence-electron chi connectivity index (χ4n) is 3.50. The molecule has 25 heavy (non-hydrogen) atoms. The minimum absolute atomic E-state index is 0.00224. The summed E-state index contributed by atoms with van der Waals surface area (Å²) in [5, 5.41) is 10.1. The Hall–Kier alpha value is -2.26. The summed E-state index contributed by atoms with van der Waals surface area (Å²) in [6.07, 6.45) is 2.73. The van der Waals surface area contributed by atoms with Crippen molar-refractivity contribution in [1.82, 2.24) is 0 Å². The highest BCUT2D eigenvalue weighted by Crippen LogP contribution is 2.29. The van der Waals surface area contributed by atoms with Crippen LogP contribution in [0.1, 0.15) is 40.7 Å². The van der Waals surface area contributed by atoms with E-state index in [0.717, 1.165) is 30.6 Å². The Morgan fingerprint density at radius 3 is 2.64 bits per heavy atom. The minimum atomic E-state index is 0.00224. The van der Waals surface area contributed by atoms with E-state index < -0.39 is 0 Å². The molecule has 3 nitrogen and oxygen atoms in total. The second-order valence-corrected chi connectivity index (χ2v) is 7.03. The van der Waals surface area contributed by atoms with Gasteiger partial charge in [0.1, 0.15) is 0 Å². The molecule has 1 fully saturated rings. The van der Waals surface area contributed by atoms with E-state index in [1.807, 2.05) is 31.2 Å². The molecule has 0 aliphatic carbocycles. The molecule has 4 heteroatoms. The summed E-state index contributed by atoms with van der Waals surface area (Å²) in [4.78, 5) is 15.0. The molecule has 0 saturated carbocycles. The van der Waals surface area contributed by atoms with Gasteiger partial charge in [-0.1, -0.05) is 18.2 Å². The number of carbonyl (C=O) groups is 1. The lowest BCUT2D eigenvalue weighted by atomic mass is 9.99. The zero-order valence-electron chi connectivity index (χ0n) is 14.3. The quantitative estimate of drug-likeness (QED) is 0.583. The van der Waals surface area contributed by atoms with E-state index in [9.17, 15) is 9.90 Å². The molecule has 1 aliphatic heterocycles. The van der Waals surface area contributed by atoms with Crippen molar-refractivity contribution in [1.29, 1.82) is 0 Å². The van der Waals surface area contributed by atoms with Gasteiger partial charge in [-0.3, -0.25) is 4.79 Å². The Morgan fingerprint density at radius 2 is 2.00 bits per heavy atom. The smallest absolute Gasteiger partial charge is 0.193 e. The number of hydrogen-bond donors (Lipinski definition) is 1. The number of anilines is 1. The molecule has 130 valence electrons. The summed E-state index contributed by atoms with van der Waals surface area (Å²) in [7, 11) is 0. The Balaban J connectivity index is 1.80. The van der Waals surface area contributed by atoms with Gasteiger partial charge < -0.3 is 10.0 Å². The number of carbonyl (C=O) groups excluding carboxylic acids is 1. The Labute approximate surface area is 153 Å². The van der Waals surface area contributed by atoms with Gasteiger partial charge in [0.2, 0.25) is 0 Å². The molecular formula is C21H22ClNO2.